The lowest BCUT2D eigenvalue weighted by atomic mass is 9.87. The Morgan fingerprint density at radius 3 is 2.73 bits per heavy atom. The van der Waals surface area contributed by atoms with Gasteiger partial charge >= 0.3 is 0 Å². The number of aromatic nitrogens is 2. The van der Waals surface area contributed by atoms with E-state index in [0.29, 0.717) is 11.3 Å². The molecule has 0 atom stereocenters. The number of nitrogens with one attached hydrogen (secondary N) is 1. The van der Waals surface area contributed by atoms with E-state index in [1.807, 2.05) is 6.07 Å². The van der Waals surface area contributed by atoms with Crippen LogP contribution in [0.15, 0.2) is 12.3 Å². The summed E-state index contributed by atoms with van der Waals surface area (Å²) in [6.07, 6.45) is 6.74. The van der Waals surface area contributed by atoms with E-state index in [4.69, 9.17) is 11.6 Å². The average Bonchev–Trinajstić information content (AvgIpc) is 2.22. The molecule has 3 nitrogen and oxygen atoms in total. The van der Waals surface area contributed by atoms with Crippen LogP contribution < -0.4 is 5.32 Å². The van der Waals surface area contributed by atoms with Gasteiger partial charge in [0.1, 0.15) is 5.82 Å². The summed E-state index contributed by atoms with van der Waals surface area (Å²) in [5.41, 5.74) is 0. The van der Waals surface area contributed by atoms with Crippen molar-refractivity contribution >= 4 is 17.4 Å². The molecule has 0 radical (unpaired) electrons. The van der Waals surface area contributed by atoms with Crippen molar-refractivity contribution in [2.24, 2.45) is 5.92 Å². The van der Waals surface area contributed by atoms with E-state index >= 15 is 0 Å². The zero-order chi connectivity index (χ0) is 10.7. The molecule has 0 spiro atoms. The topological polar surface area (TPSA) is 37.8 Å². The van der Waals surface area contributed by atoms with E-state index in [1.165, 1.54) is 25.7 Å². The molecule has 0 amide bonds. The lowest BCUT2D eigenvalue weighted by molar-refractivity contribution is 0.361. The second kappa shape index (κ2) is 4.79. The molecule has 0 unspecified atom stereocenters. The molecule has 1 heterocycles. The van der Waals surface area contributed by atoms with Crippen LogP contribution in [-0.2, 0) is 0 Å². The maximum Gasteiger partial charge on any atom is 0.224 e. The van der Waals surface area contributed by atoms with Crippen LogP contribution >= 0.6 is 11.6 Å². The van der Waals surface area contributed by atoms with E-state index in [2.05, 4.69) is 22.2 Å². The summed E-state index contributed by atoms with van der Waals surface area (Å²) in [5, 5.41) is 3.72. The van der Waals surface area contributed by atoms with Crippen molar-refractivity contribution in [1.29, 1.82) is 0 Å². The van der Waals surface area contributed by atoms with E-state index < -0.39 is 0 Å². The highest BCUT2D eigenvalue weighted by Crippen LogP contribution is 2.25. The van der Waals surface area contributed by atoms with Gasteiger partial charge in [-0.15, -0.1) is 0 Å². The maximum absolute atomic E-state index is 5.72. The molecule has 82 valence electrons. The minimum atomic E-state index is 0.309. The number of nitrogens with zero attached hydrogens (tertiary/aromatic N) is 2. The molecule has 1 aliphatic rings. The fraction of sp³-hybridized carbons (Fsp3) is 0.636. The van der Waals surface area contributed by atoms with Crippen molar-refractivity contribution in [3.05, 3.63) is 17.5 Å². The van der Waals surface area contributed by atoms with Gasteiger partial charge in [0.2, 0.25) is 5.28 Å². The van der Waals surface area contributed by atoms with Gasteiger partial charge in [0.15, 0.2) is 0 Å². The summed E-state index contributed by atoms with van der Waals surface area (Å²) >= 11 is 5.72. The van der Waals surface area contributed by atoms with Gasteiger partial charge in [-0.2, -0.15) is 0 Å². The Hall–Kier alpha value is -0.830. The van der Waals surface area contributed by atoms with Crippen LogP contribution in [0, 0.1) is 5.92 Å². The molecule has 0 aliphatic heterocycles. The van der Waals surface area contributed by atoms with Crippen molar-refractivity contribution in [3.8, 4) is 0 Å². The van der Waals surface area contributed by atoms with Gasteiger partial charge in [0.05, 0.1) is 0 Å². The predicted octanol–water partition coefficient (Wildman–Crippen LogP) is 3.12. The first-order chi connectivity index (χ1) is 7.24. The molecule has 2 rings (SSSR count). The highest BCUT2D eigenvalue weighted by Gasteiger charge is 2.18. The van der Waals surface area contributed by atoms with Crippen LogP contribution in [0.3, 0.4) is 0 Å². The molecule has 1 fully saturated rings. The first-order valence-electron chi connectivity index (χ1n) is 5.49. The molecule has 0 bridgehead atoms. The summed E-state index contributed by atoms with van der Waals surface area (Å²) in [5.74, 6) is 1.71. The van der Waals surface area contributed by atoms with Crippen LogP contribution in [0.1, 0.15) is 32.6 Å². The van der Waals surface area contributed by atoms with E-state index in [9.17, 15) is 0 Å². The lowest BCUT2D eigenvalue weighted by Crippen LogP contribution is -2.25. The van der Waals surface area contributed by atoms with Crippen molar-refractivity contribution in [1.82, 2.24) is 9.97 Å². The Balaban J connectivity index is 1.92. The molecule has 1 N–H and O–H groups in total. The first-order valence-corrected chi connectivity index (χ1v) is 5.87. The zero-order valence-corrected chi connectivity index (χ0v) is 9.67. The summed E-state index contributed by atoms with van der Waals surface area (Å²) in [4.78, 5) is 7.99. The first kappa shape index (κ1) is 10.7. The highest BCUT2D eigenvalue weighted by molar-refractivity contribution is 6.28. The summed E-state index contributed by atoms with van der Waals surface area (Å²) in [7, 11) is 0. The Morgan fingerprint density at radius 2 is 2.07 bits per heavy atom. The van der Waals surface area contributed by atoms with E-state index in [1.54, 1.807) is 6.20 Å². The SMILES string of the molecule is CC1CCC(Nc2ccnc(Cl)n2)CC1. The molecular weight excluding hydrogens is 210 g/mol. The molecular formula is C11H16ClN3. The monoisotopic (exact) mass is 225 g/mol. The van der Waals surface area contributed by atoms with E-state index in [-0.39, 0.29) is 0 Å². The standard InChI is InChI=1S/C11H16ClN3/c1-8-2-4-9(5-3-8)14-10-6-7-13-11(12)15-10/h6-9H,2-5H2,1H3,(H,13,14,15). The fourth-order valence-corrected chi connectivity index (χ4v) is 2.18. The van der Waals surface area contributed by atoms with E-state index in [0.717, 1.165) is 11.7 Å². The van der Waals surface area contributed by atoms with Crippen LogP contribution in [-0.4, -0.2) is 16.0 Å². The fourth-order valence-electron chi connectivity index (χ4n) is 2.03. The molecule has 0 aromatic carbocycles. The van der Waals surface area contributed by atoms with Crippen molar-refractivity contribution in [2.75, 3.05) is 5.32 Å². The quantitative estimate of drug-likeness (QED) is 0.786. The third-order valence-corrected chi connectivity index (χ3v) is 3.18. The van der Waals surface area contributed by atoms with Crippen LogP contribution in [0.25, 0.3) is 0 Å². The minimum Gasteiger partial charge on any atom is -0.367 e. The van der Waals surface area contributed by atoms with Gasteiger partial charge in [-0.25, -0.2) is 9.97 Å². The van der Waals surface area contributed by atoms with Crippen LogP contribution in [0.2, 0.25) is 5.28 Å². The van der Waals surface area contributed by atoms with Gasteiger partial charge in [-0.05, 0) is 49.3 Å². The Kier molecular flexibility index (Phi) is 3.41. The lowest BCUT2D eigenvalue weighted by Gasteiger charge is -2.27. The van der Waals surface area contributed by atoms with Crippen molar-refractivity contribution in [3.63, 3.8) is 0 Å². The van der Waals surface area contributed by atoms with Gasteiger partial charge < -0.3 is 5.32 Å². The number of hydrogen-bond acceptors (Lipinski definition) is 3. The Morgan fingerprint density at radius 1 is 1.33 bits per heavy atom. The Bertz CT molecular complexity index is 321. The Labute approximate surface area is 95.3 Å². The molecule has 15 heavy (non-hydrogen) atoms. The van der Waals surface area contributed by atoms with Gasteiger partial charge in [0, 0.05) is 12.2 Å². The van der Waals surface area contributed by atoms with Crippen molar-refractivity contribution in [2.45, 2.75) is 38.6 Å². The molecule has 0 saturated heterocycles. The van der Waals surface area contributed by atoms with Gasteiger partial charge in [-0.3, -0.25) is 0 Å². The minimum absolute atomic E-state index is 0.309. The maximum atomic E-state index is 5.72. The average molecular weight is 226 g/mol. The second-order valence-electron chi connectivity index (χ2n) is 4.31. The summed E-state index contributed by atoms with van der Waals surface area (Å²) < 4.78 is 0. The molecule has 1 aromatic heterocycles. The molecule has 4 heteroatoms. The number of rotatable bonds is 2. The van der Waals surface area contributed by atoms with Crippen LogP contribution in [0.4, 0.5) is 5.82 Å². The number of halogens is 1. The summed E-state index contributed by atoms with van der Waals surface area (Å²) in [6.45, 7) is 2.32. The predicted molar refractivity (Wildman–Crippen MR) is 62.1 cm³/mol. The van der Waals surface area contributed by atoms with Crippen LogP contribution in [0.5, 0.6) is 0 Å². The van der Waals surface area contributed by atoms with Gasteiger partial charge in [-0.1, -0.05) is 6.92 Å². The third-order valence-electron chi connectivity index (χ3n) is 2.99. The third kappa shape index (κ3) is 3.06. The summed E-state index contributed by atoms with van der Waals surface area (Å²) in [6, 6.07) is 2.41. The second-order valence-corrected chi connectivity index (χ2v) is 4.65. The molecule has 1 aromatic rings. The van der Waals surface area contributed by atoms with Gasteiger partial charge in [0.25, 0.3) is 0 Å². The smallest absolute Gasteiger partial charge is 0.224 e. The molecule has 1 saturated carbocycles. The molecule has 1 aliphatic carbocycles. The van der Waals surface area contributed by atoms with Crippen molar-refractivity contribution < 1.29 is 0 Å². The highest BCUT2D eigenvalue weighted by atomic mass is 35.5. The number of hydrogen-bond donors (Lipinski definition) is 1. The largest absolute Gasteiger partial charge is 0.367 e. The normalized spacial score (nSPS) is 26.3. The number of anilines is 1. The zero-order valence-electron chi connectivity index (χ0n) is 8.91.